The molecule has 0 spiro atoms. The van der Waals surface area contributed by atoms with Gasteiger partial charge in [-0.1, -0.05) is 35.9 Å². The van der Waals surface area contributed by atoms with Crippen molar-refractivity contribution in [3.63, 3.8) is 0 Å². The van der Waals surface area contributed by atoms with Gasteiger partial charge in [0, 0.05) is 11.0 Å². The first-order valence-corrected chi connectivity index (χ1v) is 8.92. The molecular weight excluding hydrogens is 350 g/mol. The number of carbonyl (C=O) groups excluding carboxylic acids is 1. The largest absolute Gasteiger partial charge is 0.334 e. The second-order valence-electron chi connectivity index (χ2n) is 5.64. The average molecular weight is 367 g/mol. The molecule has 1 heterocycles. The number of carbonyl (C=O) groups is 1. The number of hydrogen-bond acceptors (Lipinski definition) is 4. The lowest BCUT2D eigenvalue weighted by molar-refractivity contribution is -0.113. The van der Waals surface area contributed by atoms with Crippen LogP contribution in [0.5, 0.6) is 0 Å². The molecule has 3 aromatic rings. The van der Waals surface area contributed by atoms with Crippen molar-refractivity contribution in [2.45, 2.75) is 11.8 Å². The van der Waals surface area contributed by atoms with Gasteiger partial charge in [-0.05, 0) is 31.2 Å². The molecule has 0 aliphatic carbocycles. The van der Waals surface area contributed by atoms with Gasteiger partial charge in [-0.2, -0.15) is 0 Å². The zero-order valence-electron chi connectivity index (χ0n) is 14.1. The number of anilines is 1. The molecular formula is C19H17N3O3S. The van der Waals surface area contributed by atoms with E-state index in [2.05, 4.69) is 10.3 Å². The van der Waals surface area contributed by atoms with Gasteiger partial charge in [0.25, 0.3) is 5.56 Å². The van der Waals surface area contributed by atoms with Gasteiger partial charge in [0.15, 0.2) is 0 Å². The van der Waals surface area contributed by atoms with Gasteiger partial charge in [0.2, 0.25) is 5.91 Å². The molecule has 7 heteroatoms. The van der Waals surface area contributed by atoms with Crippen LogP contribution in [-0.2, 0) is 4.79 Å². The number of thioether (sulfide) groups is 1. The van der Waals surface area contributed by atoms with Gasteiger partial charge in [0.05, 0.1) is 11.4 Å². The number of nitrogens with zero attached hydrogens (tertiary/aromatic N) is 1. The average Bonchev–Trinajstić information content (AvgIpc) is 2.61. The van der Waals surface area contributed by atoms with E-state index in [1.54, 1.807) is 24.3 Å². The normalized spacial score (nSPS) is 10.5. The lowest BCUT2D eigenvalue weighted by Gasteiger charge is -2.13. The summed E-state index contributed by atoms with van der Waals surface area (Å²) in [7, 11) is 0. The zero-order valence-corrected chi connectivity index (χ0v) is 14.9. The van der Waals surface area contributed by atoms with Crippen molar-refractivity contribution in [2.75, 3.05) is 11.1 Å². The Hall–Kier alpha value is -3.06. The molecule has 3 rings (SSSR count). The maximum absolute atomic E-state index is 12.3. The number of nitrogens with one attached hydrogen (secondary N) is 2. The highest BCUT2D eigenvalue weighted by atomic mass is 32.2. The molecule has 26 heavy (non-hydrogen) atoms. The van der Waals surface area contributed by atoms with Crippen molar-refractivity contribution in [1.29, 1.82) is 0 Å². The van der Waals surface area contributed by atoms with Crippen LogP contribution >= 0.6 is 11.8 Å². The molecule has 0 fully saturated rings. The highest BCUT2D eigenvalue weighted by Crippen LogP contribution is 2.19. The van der Waals surface area contributed by atoms with Crippen LogP contribution in [0.15, 0.2) is 75.1 Å². The predicted molar refractivity (Wildman–Crippen MR) is 103 cm³/mol. The fourth-order valence-corrected chi connectivity index (χ4v) is 3.08. The van der Waals surface area contributed by atoms with Crippen molar-refractivity contribution in [3.8, 4) is 5.69 Å². The maximum Gasteiger partial charge on any atom is 0.334 e. The Labute approximate surface area is 153 Å². The van der Waals surface area contributed by atoms with Crippen LogP contribution in [0.2, 0.25) is 0 Å². The van der Waals surface area contributed by atoms with Crippen LogP contribution in [0.4, 0.5) is 5.82 Å². The van der Waals surface area contributed by atoms with Crippen molar-refractivity contribution >= 4 is 23.5 Å². The predicted octanol–water partition coefficient (Wildman–Crippen LogP) is 2.57. The van der Waals surface area contributed by atoms with Gasteiger partial charge in [-0.15, -0.1) is 11.8 Å². The Balaban J connectivity index is 1.80. The Morgan fingerprint density at radius 2 is 1.77 bits per heavy atom. The summed E-state index contributed by atoms with van der Waals surface area (Å²) in [5, 5.41) is 2.66. The second-order valence-corrected chi connectivity index (χ2v) is 6.69. The van der Waals surface area contributed by atoms with Crippen LogP contribution in [0.25, 0.3) is 5.69 Å². The number of benzene rings is 2. The summed E-state index contributed by atoms with van der Waals surface area (Å²) in [6.07, 6.45) is 0. The molecule has 1 aromatic heterocycles. The number of hydrogen-bond donors (Lipinski definition) is 2. The summed E-state index contributed by atoms with van der Waals surface area (Å²) in [5.74, 6) is 0.00321. The lowest BCUT2D eigenvalue weighted by atomic mass is 10.2. The number of para-hydroxylation sites is 1. The monoisotopic (exact) mass is 367 g/mol. The van der Waals surface area contributed by atoms with Gasteiger partial charge in [0.1, 0.15) is 5.82 Å². The summed E-state index contributed by atoms with van der Waals surface area (Å²) >= 11 is 1.38. The minimum absolute atomic E-state index is 0.138. The van der Waals surface area contributed by atoms with Crippen LogP contribution in [0, 0.1) is 6.92 Å². The van der Waals surface area contributed by atoms with Crippen molar-refractivity contribution in [1.82, 2.24) is 9.55 Å². The number of amides is 1. The molecule has 0 aliphatic rings. The van der Waals surface area contributed by atoms with E-state index in [1.165, 1.54) is 22.4 Å². The first kappa shape index (κ1) is 17.8. The topological polar surface area (TPSA) is 84.0 Å². The van der Waals surface area contributed by atoms with Gasteiger partial charge < -0.3 is 5.32 Å². The van der Waals surface area contributed by atoms with Crippen LogP contribution < -0.4 is 16.6 Å². The highest BCUT2D eigenvalue weighted by molar-refractivity contribution is 8.00. The van der Waals surface area contributed by atoms with E-state index in [4.69, 9.17) is 0 Å². The highest BCUT2D eigenvalue weighted by Gasteiger charge is 2.11. The first-order chi connectivity index (χ1) is 12.5. The number of aromatic nitrogens is 2. The Kier molecular flexibility index (Phi) is 5.38. The Morgan fingerprint density at radius 1 is 1.08 bits per heavy atom. The van der Waals surface area contributed by atoms with E-state index in [0.29, 0.717) is 5.69 Å². The van der Waals surface area contributed by atoms with Gasteiger partial charge in [-0.3, -0.25) is 14.6 Å². The third kappa shape index (κ3) is 4.31. The fourth-order valence-electron chi connectivity index (χ4n) is 2.38. The van der Waals surface area contributed by atoms with Crippen LogP contribution in [0.3, 0.4) is 0 Å². The standard InChI is InChI=1S/C19H17N3O3S/c1-13-7-9-15(10-8-13)26-12-18(24)20-16-11-17(23)21-19(25)22(16)14-5-3-2-4-6-14/h2-11H,12H2,1H3,(H,20,24)(H,21,23,25). The van der Waals surface area contributed by atoms with Crippen LogP contribution in [0.1, 0.15) is 5.56 Å². The SMILES string of the molecule is Cc1ccc(SCC(=O)Nc2cc(=O)[nH]c(=O)n2-c2ccccc2)cc1. The second kappa shape index (κ2) is 7.88. The molecule has 132 valence electrons. The molecule has 0 saturated heterocycles. The van der Waals surface area contributed by atoms with E-state index in [1.807, 2.05) is 37.3 Å². The summed E-state index contributed by atoms with van der Waals surface area (Å²) < 4.78 is 1.26. The third-order valence-corrected chi connectivity index (χ3v) is 4.63. The summed E-state index contributed by atoms with van der Waals surface area (Å²) in [6.45, 7) is 2.00. The van der Waals surface area contributed by atoms with Crippen molar-refractivity contribution < 1.29 is 4.79 Å². The van der Waals surface area contributed by atoms with Gasteiger partial charge >= 0.3 is 5.69 Å². The van der Waals surface area contributed by atoms with Crippen molar-refractivity contribution in [3.05, 3.63) is 87.1 Å². The third-order valence-electron chi connectivity index (χ3n) is 3.61. The number of H-pyrrole nitrogens is 1. The molecule has 0 bridgehead atoms. The Bertz CT molecular complexity index is 1020. The molecule has 0 aliphatic heterocycles. The maximum atomic E-state index is 12.3. The number of rotatable bonds is 5. The van der Waals surface area contributed by atoms with Crippen LogP contribution in [-0.4, -0.2) is 21.2 Å². The van der Waals surface area contributed by atoms with E-state index < -0.39 is 11.2 Å². The minimum Gasteiger partial charge on any atom is -0.311 e. The summed E-state index contributed by atoms with van der Waals surface area (Å²) in [6, 6.07) is 17.8. The number of aryl methyl sites for hydroxylation is 1. The van der Waals surface area contributed by atoms with E-state index in [-0.39, 0.29) is 17.5 Å². The first-order valence-electron chi connectivity index (χ1n) is 7.94. The molecule has 0 saturated carbocycles. The van der Waals surface area contributed by atoms with E-state index >= 15 is 0 Å². The molecule has 1 amide bonds. The summed E-state index contributed by atoms with van der Waals surface area (Å²) in [5.41, 5.74) is 0.526. The van der Waals surface area contributed by atoms with Crippen molar-refractivity contribution in [2.24, 2.45) is 0 Å². The molecule has 6 nitrogen and oxygen atoms in total. The van der Waals surface area contributed by atoms with E-state index in [9.17, 15) is 14.4 Å². The Morgan fingerprint density at radius 3 is 2.46 bits per heavy atom. The molecule has 0 unspecified atom stereocenters. The smallest absolute Gasteiger partial charge is 0.311 e. The molecule has 2 N–H and O–H groups in total. The fraction of sp³-hybridized carbons (Fsp3) is 0.105. The minimum atomic E-state index is -0.606. The molecule has 0 radical (unpaired) electrons. The quantitative estimate of drug-likeness (QED) is 0.679. The molecule has 0 atom stereocenters. The number of aromatic amines is 1. The van der Waals surface area contributed by atoms with E-state index in [0.717, 1.165) is 10.5 Å². The lowest BCUT2D eigenvalue weighted by Crippen LogP contribution is -2.32. The summed E-state index contributed by atoms with van der Waals surface area (Å²) in [4.78, 5) is 39.3. The molecule has 2 aromatic carbocycles. The van der Waals surface area contributed by atoms with Gasteiger partial charge in [-0.25, -0.2) is 9.36 Å². The zero-order chi connectivity index (χ0) is 18.5.